The van der Waals surface area contributed by atoms with E-state index in [2.05, 4.69) is 38.7 Å². The van der Waals surface area contributed by atoms with Crippen LogP contribution in [0.25, 0.3) is 27.6 Å². The van der Waals surface area contributed by atoms with E-state index < -0.39 is 15.8 Å². The standard InChI is InChI=1S/C35H32AsN7O2S/c1-2-41-17-18-42(31(45)23-41)28-13-11-26(12-14-28)36-34-37-16-15-29(39-34)33-32(40-35-43(33)19-20-46-35)25-9-6-10-27(22-25)38-30(44)21-24-7-4-3-5-8-24/h3-16,19-20,22,36H,2,17-18,21,23H2,1H3,(H,38,44). The molecule has 4 heterocycles. The fraction of sp³-hybridized carbons (Fsp3) is 0.171. The molecule has 9 nitrogen and oxygen atoms in total. The second kappa shape index (κ2) is 13.4. The number of carbonyl (C=O) groups excluding carboxylic acids is 2. The average Bonchev–Trinajstić information content (AvgIpc) is 3.68. The number of aromatic nitrogens is 4. The van der Waals surface area contributed by atoms with Crippen LogP contribution in [0.3, 0.4) is 0 Å². The van der Waals surface area contributed by atoms with Gasteiger partial charge in [0.2, 0.25) is 0 Å². The normalized spacial score (nSPS) is 14.0. The third-order valence-corrected chi connectivity index (χ3v) is 11.0. The number of anilines is 2. The maximum absolute atomic E-state index is 12.8. The summed E-state index contributed by atoms with van der Waals surface area (Å²) in [4.78, 5) is 45.0. The van der Waals surface area contributed by atoms with Gasteiger partial charge in [-0.1, -0.05) is 30.3 Å². The molecule has 1 N–H and O–H groups in total. The van der Waals surface area contributed by atoms with Crippen LogP contribution in [-0.2, 0) is 16.0 Å². The summed E-state index contributed by atoms with van der Waals surface area (Å²) in [5.41, 5.74) is 5.99. The van der Waals surface area contributed by atoms with Crippen LogP contribution in [-0.4, -0.2) is 78.0 Å². The molecule has 2 amide bonds. The van der Waals surface area contributed by atoms with Gasteiger partial charge in [0.1, 0.15) is 0 Å². The Balaban J connectivity index is 1.12. The van der Waals surface area contributed by atoms with Gasteiger partial charge in [0.15, 0.2) is 0 Å². The van der Waals surface area contributed by atoms with Crippen LogP contribution in [0.4, 0.5) is 11.4 Å². The third-order valence-electron chi connectivity index (χ3n) is 7.97. The summed E-state index contributed by atoms with van der Waals surface area (Å²) < 4.78 is 4.07. The van der Waals surface area contributed by atoms with Crippen LogP contribution in [0, 0.1) is 0 Å². The molecular weight excluding hydrogens is 657 g/mol. The van der Waals surface area contributed by atoms with Gasteiger partial charge in [-0.3, -0.25) is 0 Å². The minimum atomic E-state index is -0.827. The molecule has 0 radical (unpaired) electrons. The van der Waals surface area contributed by atoms with E-state index in [0.29, 0.717) is 25.2 Å². The number of thiazole rings is 1. The topological polar surface area (TPSA) is 95.7 Å². The van der Waals surface area contributed by atoms with Crippen molar-refractivity contribution in [3.8, 4) is 22.6 Å². The Morgan fingerprint density at radius 1 is 0.978 bits per heavy atom. The molecule has 3 aromatic heterocycles. The van der Waals surface area contributed by atoms with Crippen molar-refractivity contribution in [1.29, 1.82) is 0 Å². The van der Waals surface area contributed by atoms with Crippen molar-refractivity contribution in [2.24, 2.45) is 0 Å². The first-order chi connectivity index (χ1) is 22.5. The zero-order valence-electron chi connectivity index (χ0n) is 25.3. The van der Waals surface area contributed by atoms with Gasteiger partial charge in [-0.05, 0) is 0 Å². The summed E-state index contributed by atoms with van der Waals surface area (Å²) in [6.07, 6.45) is 4.13. The Hall–Kier alpha value is -4.63. The molecule has 0 aliphatic carbocycles. The van der Waals surface area contributed by atoms with Gasteiger partial charge < -0.3 is 0 Å². The molecule has 0 bridgehead atoms. The third kappa shape index (κ3) is 6.51. The predicted molar refractivity (Wildman–Crippen MR) is 186 cm³/mol. The van der Waals surface area contributed by atoms with E-state index in [-0.39, 0.29) is 11.8 Å². The van der Waals surface area contributed by atoms with Crippen molar-refractivity contribution in [2.45, 2.75) is 13.3 Å². The second-order valence-electron chi connectivity index (χ2n) is 11.0. The van der Waals surface area contributed by atoms with Gasteiger partial charge in [-0.25, -0.2) is 0 Å². The van der Waals surface area contributed by atoms with E-state index in [1.54, 1.807) is 11.3 Å². The Bertz CT molecular complexity index is 2010. The number of hydrogen-bond acceptors (Lipinski definition) is 7. The molecule has 1 fully saturated rings. The number of likely N-dealkylation sites (N-methyl/N-ethyl adjacent to an activating group) is 1. The van der Waals surface area contributed by atoms with Crippen LogP contribution in [0.2, 0.25) is 0 Å². The molecule has 230 valence electrons. The summed E-state index contributed by atoms with van der Waals surface area (Å²) in [5.74, 6) is 0.0716. The molecule has 1 aliphatic rings. The molecule has 6 aromatic rings. The predicted octanol–water partition coefficient (Wildman–Crippen LogP) is 3.76. The van der Waals surface area contributed by atoms with Crippen molar-refractivity contribution >= 4 is 64.2 Å². The number of fused-ring (bicyclic) bond motifs is 1. The van der Waals surface area contributed by atoms with E-state index in [0.717, 1.165) is 56.6 Å². The fourth-order valence-corrected chi connectivity index (χ4v) is 8.25. The summed E-state index contributed by atoms with van der Waals surface area (Å²) in [7, 11) is 0. The van der Waals surface area contributed by atoms with Gasteiger partial charge in [-0.15, -0.1) is 0 Å². The monoisotopic (exact) mass is 689 g/mol. The van der Waals surface area contributed by atoms with Crippen molar-refractivity contribution < 1.29 is 9.59 Å². The number of carbonyl (C=O) groups is 2. The van der Waals surface area contributed by atoms with Crippen LogP contribution in [0.15, 0.2) is 103 Å². The Morgan fingerprint density at radius 3 is 2.63 bits per heavy atom. The molecule has 46 heavy (non-hydrogen) atoms. The summed E-state index contributed by atoms with van der Waals surface area (Å²) in [6.45, 7) is 5.04. The summed E-state index contributed by atoms with van der Waals surface area (Å²) in [6, 6.07) is 27.7. The van der Waals surface area contributed by atoms with Crippen LogP contribution in [0.5, 0.6) is 0 Å². The van der Waals surface area contributed by atoms with Gasteiger partial charge in [0, 0.05) is 0 Å². The molecule has 1 atom stereocenters. The van der Waals surface area contributed by atoms with E-state index in [4.69, 9.17) is 9.97 Å². The van der Waals surface area contributed by atoms with Crippen molar-refractivity contribution in [1.82, 2.24) is 24.3 Å². The minimum absolute atomic E-state index is 0.0713. The Morgan fingerprint density at radius 2 is 1.83 bits per heavy atom. The summed E-state index contributed by atoms with van der Waals surface area (Å²) in [5, 5.41) is 5.05. The molecular formula is C35H32AsN7O2S. The van der Waals surface area contributed by atoms with Crippen molar-refractivity contribution in [2.75, 3.05) is 36.4 Å². The molecule has 0 saturated carbocycles. The first-order valence-electron chi connectivity index (χ1n) is 15.2. The number of nitrogens with zero attached hydrogens (tertiary/aromatic N) is 6. The van der Waals surface area contributed by atoms with Gasteiger partial charge in [0.05, 0.1) is 0 Å². The van der Waals surface area contributed by atoms with Crippen LogP contribution in [0.1, 0.15) is 12.5 Å². The quantitative estimate of drug-likeness (QED) is 0.233. The number of imidazole rings is 1. The SMILES string of the molecule is CCN1CCN(c2ccc([AsH]c3nccc(-c4c(-c5cccc(NC(=O)Cc6ccccc6)c5)nc5sccn45)n3)cc2)C(=O)C1. The molecule has 0 spiro atoms. The van der Waals surface area contributed by atoms with E-state index in [9.17, 15) is 9.59 Å². The Kier molecular flexibility index (Phi) is 8.74. The average molecular weight is 690 g/mol. The number of hydrogen-bond donors (Lipinski definition) is 1. The number of amides is 2. The van der Waals surface area contributed by atoms with Crippen molar-refractivity contribution in [3.63, 3.8) is 0 Å². The number of nitrogens with one attached hydrogen (secondary N) is 1. The second-order valence-corrected chi connectivity index (χ2v) is 14.6. The summed E-state index contributed by atoms with van der Waals surface area (Å²) >= 11 is 0.738. The zero-order chi connectivity index (χ0) is 31.5. The van der Waals surface area contributed by atoms with Gasteiger partial charge in [-0.2, -0.15) is 0 Å². The number of rotatable bonds is 9. The zero-order valence-corrected chi connectivity index (χ0v) is 28.2. The molecule has 7 rings (SSSR count). The van der Waals surface area contributed by atoms with Gasteiger partial charge >= 0.3 is 248 Å². The van der Waals surface area contributed by atoms with Crippen LogP contribution >= 0.6 is 11.3 Å². The fourth-order valence-electron chi connectivity index (χ4n) is 5.63. The molecule has 3 aromatic carbocycles. The molecule has 1 saturated heterocycles. The van der Waals surface area contributed by atoms with Gasteiger partial charge in [0.25, 0.3) is 0 Å². The Labute approximate surface area is 277 Å². The number of piperazine rings is 1. The van der Waals surface area contributed by atoms with E-state index in [1.807, 2.05) is 95.5 Å². The maximum atomic E-state index is 12.8. The van der Waals surface area contributed by atoms with E-state index in [1.165, 1.54) is 4.35 Å². The first-order valence-corrected chi connectivity index (χ1v) is 18.1. The van der Waals surface area contributed by atoms with Crippen LogP contribution < -0.4 is 19.2 Å². The van der Waals surface area contributed by atoms with E-state index >= 15 is 0 Å². The first kappa shape index (κ1) is 30.0. The molecule has 1 unspecified atom stereocenters. The molecule has 11 heteroatoms. The number of benzene rings is 3. The van der Waals surface area contributed by atoms with Crippen molar-refractivity contribution in [3.05, 3.63) is 108 Å². The molecule has 1 aliphatic heterocycles.